The van der Waals surface area contributed by atoms with Crippen LogP contribution in [0.15, 0.2) is 35.3 Å². The van der Waals surface area contributed by atoms with Crippen LogP contribution >= 0.6 is 0 Å². The Morgan fingerprint density at radius 1 is 1.09 bits per heavy atom. The Kier molecular flexibility index (Phi) is 5.54. The van der Waals surface area contributed by atoms with Gasteiger partial charge in [-0.1, -0.05) is 12.1 Å². The van der Waals surface area contributed by atoms with Crippen molar-refractivity contribution < 1.29 is 18.3 Å². The smallest absolute Gasteiger partial charge is 0.259 e. The minimum absolute atomic E-state index is 0.0207. The first-order valence-corrected chi connectivity index (χ1v) is 11.5. The predicted octanol–water partition coefficient (Wildman–Crippen LogP) is 4.20. The molecule has 34 heavy (non-hydrogen) atoms. The Balaban J connectivity index is 1.49. The average Bonchev–Trinajstić information content (AvgIpc) is 3.68. The van der Waals surface area contributed by atoms with Crippen molar-refractivity contribution in [3.05, 3.63) is 69.0 Å². The molecule has 0 bridgehead atoms. The zero-order chi connectivity index (χ0) is 24.1. The number of benzene rings is 2. The molecule has 6 nitrogen and oxygen atoms in total. The number of rotatable bonds is 4. The maximum Gasteiger partial charge on any atom is 0.259 e. The van der Waals surface area contributed by atoms with E-state index in [1.165, 1.54) is 24.4 Å². The number of carbonyl (C=O) groups is 1. The highest BCUT2D eigenvalue weighted by Gasteiger charge is 2.32. The number of aromatic nitrogens is 1. The van der Waals surface area contributed by atoms with E-state index in [1.807, 2.05) is 6.07 Å². The molecule has 8 heteroatoms. The van der Waals surface area contributed by atoms with Crippen LogP contribution in [-0.4, -0.2) is 48.7 Å². The van der Waals surface area contributed by atoms with Crippen LogP contribution in [0.1, 0.15) is 40.4 Å². The van der Waals surface area contributed by atoms with E-state index >= 15 is 0 Å². The van der Waals surface area contributed by atoms with Gasteiger partial charge in [0.1, 0.15) is 5.56 Å². The Bertz CT molecular complexity index is 1360. The van der Waals surface area contributed by atoms with E-state index in [0.717, 1.165) is 24.6 Å². The van der Waals surface area contributed by atoms with Crippen molar-refractivity contribution in [1.82, 2.24) is 9.47 Å². The van der Waals surface area contributed by atoms with Gasteiger partial charge in [-0.15, -0.1) is 0 Å². The van der Waals surface area contributed by atoms with Gasteiger partial charge in [0.25, 0.3) is 5.91 Å². The van der Waals surface area contributed by atoms with Gasteiger partial charge in [0, 0.05) is 44.1 Å². The summed E-state index contributed by atoms with van der Waals surface area (Å²) in [6, 6.07) is 7.09. The molecule has 0 unspecified atom stereocenters. The summed E-state index contributed by atoms with van der Waals surface area (Å²) in [5.41, 5.74) is 3.15. The average molecular weight is 468 g/mol. The number of anilines is 1. The number of methoxy groups -OCH3 is 1. The van der Waals surface area contributed by atoms with E-state index in [4.69, 9.17) is 4.74 Å². The lowest BCUT2D eigenvalue weighted by Gasteiger charge is -2.37. The molecule has 1 aliphatic heterocycles. The monoisotopic (exact) mass is 467 g/mol. The van der Waals surface area contributed by atoms with Gasteiger partial charge in [-0.25, -0.2) is 4.39 Å². The van der Waals surface area contributed by atoms with Crippen LogP contribution in [0.5, 0.6) is 5.75 Å². The minimum Gasteiger partial charge on any atom is -0.491 e. The van der Waals surface area contributed by atoms with E-state index in [1.54, 1.807) is 9.47 Å². The van der Waals surface area contributed by atoms with Crippen LogP contribution in [0.2, 0.25) is 0 Å². The maximum absolute atomic E-state index is 14.4. The highest BCUT2D eigenvalue weighted by molar-refractivity contribution is 5.98. The summed E-state index contributed by atoms with van der Waals surface area (Å²) < 4.78 is 35.5. The van der Waals surface area contributed by atoms with Crippen molar-refractivity contribution in [3.8, 4) is 5.75 Å². The van der Waals surface area contributed by atoms with Crippen LogP contribution in [0.4, 0.5) is 14.5 Å². The molecule has 3 aromatic rings. The minimum atomic E-state index is -1.17. The summed E-state index contributed by atoms with van der Waals surface area (Å²) in [6.07, 6.45) is 3.17. The molecule has 0 atom stereocenters. The van der Waals surface area contributed by atoms with Crippen molar-refractivity contribution in [1.29, 1.82) is 0 Å². The molecule has 0 N–H and O–H groups in total. The Hall–Kier alpha value is -3.42. The molecular weight excluding hydrogens is 440 g/mol. The second-order valence-electron chi connectivity index (χ2n) is 9.11. The number of piperazine rings is 1. The second kappa shape index (κ2) is 8.42. The molecule has 2 aromatic carbocycles. The van der Waals surface area contributed by atoms with Crippen molar-refractivity contribution in [2.75, 3.05) is 38.2 Å². The number of carbonyl (C=O) groups excluding carboxylic acids is 1. The summed E-state index contributed by atoms with van der Waals surface area (Å²) in [5, 5.41) is -0.0393. The summed E-state index contributed by atoms with van der Waals surface area (Å²) in [6.45, 7) is 6.39. The molecule has 0 radical (unpaired) electrons. The number of aryl methyl sites for hydroxylation is 1. The lowest BCUT2D eigenvalue weighted by molar-refractivity contribution is 0.0745. The first-order chi connectivity index (χ1) is 16.3. The molecule has 178 valence electrons. The van der Waals surface area contributed by atoms with Gasteiger partial charge in [0.15, 0.2) is 11.6 Å². The van der Waals surface area contributed by atoms with Crippen LogP contribution < -0.4 is 15.1 Å². The van der Waals surface area contributed by atoms with E-state index in [0.29, 0.717) is 26.2 Å². The number of ether oxygens (including phenoxy) is 1. The Morgan fingerprint density at radius 3 is 2.44 bits per heavy atom. The maximum atomic E-state index is 14.4. The third kappa shape index (κ3) is 3.61. The van der Waals surface area contributed by atoms with Gasteiger partial charge in [0.2, 0.25) is 11.2 Å². The molecule has 2 fully saturated rings. The summed E-state index contributed by atoms with van der Waals surface area (Å²) >= 11 is 0. The van der Waals surface area contributed by atoms with Crippen LogP contribution in [-0.2, 0) is 0 Å². The molecule has 5 rings (SSSR count). The molecule has 1 amide bonds. The SMILES string of the molecule is COc1c(F)c(F)cc2c(=O)c(C(=O)N3CCN(c4cccc(C)c4C)CC3)cn(C3CC3)c12. The molecular formula is C26H27F2N3O3. The first kappa shape index (κ1) is 22.4. The highest BCUT2D eigenvalue weighted by Crippen LogP contribution is 2.40. The van der Waals surface area contributed by atoms with Crippen molar-refractivity contribution >= 4 is 22.5 Å². The summed E-state index contributed by atoms with van der Waals surface area (Å²) in [5.74, 6) is -2.99. The predicted molar refractivity (Wildman–Crippen MR) is 127 cm³/mol. The number of amides is 1. The molecule has 1 saturated carbocycles. The molecule has 1 saturated heterocycles. The van der Waals surface area contributed by atoms with Crippen molar-refractivity contribution in [2.45, 2.75) is 32.7 Å². The van der Waals surface area contributed by atoms with Gasteiger partial charge in [-0.3, -0.25) is 9.59 Å². The molecule has 0 spiro atoms. The second-order valence-corrected chi connectivity index (χ2v) is 9.11. The van der Waals surface area contributed by atoms with E-state index in [2.05, 4.69) is 30.9 Å². The van der Waals surface area contributed by atoms with E-state index in [9.17, 15) is 18.4 Å². The van der Waals surface area contributed by atoms with Crippen LogP contribution in [0.25, 0.3) is 10.9 Å². The van der Waals surface area contributed by atoms with E-state index < -0.39 is 17.1 Å². The van der Waals surface area contributed by atoms with E-state index in [-0.39, 0.29) is 34.2 Å². The Morgan fingerprint density at radius 2 is 1.79 bits per heavy atom. The fourth-order valence-electron chi connectivity index (χ4n) is 4.81. The first-order valence-electron chi connectivity index (χ1n) is 11.5. The zero-order valence-corrected chi connectivity index (χ0v) is 19.5. The largest absolute Gasteiger partial charge is 0.491 e. The van der Waals surface area contributed by atoms with Gasteiger partial charge < -0.3 is 19.1 Å². The highest BCUT2D eigenvalue weighted by atomic mass is 19.2. The number of hydrogen-bond acceptors (Lipinski definition) is 4. The van der Waals surface area contributed by atoms with Gasteiger partial charge in [0.05, 0.1) is 18.0 Å². The number of fused-ring (bicyclic) bond motifs is 1. The Labute approximate surface area is 196 Å². The lowest BCUT2D eigenvalue weighted by atomic mass is 10.1. The summed E-state index contributed by atoms with van der Waals surface area (Å²) in [7, 11) is 1.24. The van der Waals surface area contributed by atoms with Gasteiger partial charge in [-0.2, -0.15) is 4.39 Å². The third-order valence-corrected chi connectivity index (χ3v) is 7.02. The van der Waals surface area contributed by atoms with Gasteiger partial charge >= 0.3 is 0 Å². The quantitative estimate of drug-likeness (QED) is 0.577. The third-order valence-electron chi connectivity index (χ3n) is 7.02. The fraction of sp³-hybridized carbons (Fsp3) is 0.385. The standard InChI is InChI=1S/C26H27F2N3O3/c1-15-5-4-6-21(16(15)2)29-9-11-30(12-10-29)26(33)19-14-31(17-7-8-17)23-18(24(19)32)13-20(27)22(28)25(23)34-3/h4-6,13-14,17H,7-12H2,1-3H3. The van der Waals surface area contributed by atoms with Crippen molar-refractivity contribution in [2.24, 2.45) is 0 Å². The van der Waals surface area contributed by atoms with Crippen molar-refractivity contribution in [3.63, 3.8) is 0 Å². The summed E-state index contributed by atoms with van der Waals surface area (Å²) in [4.78, 5) is 30.6. The normalized spacial score (nSPS) is 16.3. The van der Waals surface area contributed by atoms with Gasteiger partial charge in [-0.05, 0) is 49.9 Å². The lowest BCUT2D eigenvalue weighted by Crippen LogP contribution is -2.49. The molecule has 2 aliphatic rings. The number of pyridine rings is 1. The fourth-order valence-corrected chi connectivity index (χ4v) is 4.81. The number of hydrogen-bond donors (Lipinski definition) is 0. The molecule has 2 heterocycles. The van der Waals surface area contributed by atoms with Crippen LogP contribution in [0.3, 0.4) is 0 Å². The zero-order valence-electron chi connectivity index (χ0n) is 19.5. The number of nitrogens with zero attached hydrogens (tertiary/aromatic N) is 3. The molecule has 1 aliphatic carbocycles. The van der Waals surface area contributed by atoms with Crippen LogP contribution in [0, 0.1) is 25.5 Å². The molecule has 1 aromatic heterocycles. The number of halogens is 2. The topological polar surface area (TPSA) is 54.8 Å².